The molecule has 41 heavy (non-hydrogen) atoms. The lowest BCUT2D eigenvalue weighted by Crippen LogP contribution is -2.48. The smallest absolute Gasteiger partial charge is 0.404 e. The van der Waals surface area contributed by atoms with Crippen molar-refractivity contribution in [2.45, 2.75) is 91.0 Å². The number of hydrogen-bond donors (Lipinski definition) is 4. The molecule has 0 aliphatic rings. The maximum atomic E-state index is 13.6. The number of aryl methyl sites for hydroxylation is 2. The van der Waals surface area contributed by atoms with Crippen LogP contribution in [-0.4, -0.2) is 46.4 Å². The second-order valence-corrected chi connectivity index (χ2v) is 14.5. The van der Waals surface area contributed by atoms with E-state index in [4.69, 9.17) is 19.3 Å². The maximum Gasteiger partial charge on any atom is 0.530 e. The monoisotopic (exact) mass is 609 g/mol. The molecule has 0 amide bonds. The Morgan fingerprint density at radius 1 is 0.902 bits per heavy atom. The molecule has 232 valence electrons. The molecule has 2 aromatic carbocycles. The molecule has 0 aliphatic carbocycles. The first-order valence-corrected chi connectivity index (χ1v) is 17.4. The van der Waals surface area contributed by atoms with Gasteiger partial charge in [-0.25, -0.2) is 4.57 Å². The second kappa shape index (κ2) is 18.2. The molecule has 7 nitrogen and oxygen atoms in total. The van der Waals surface area contributed by atoms with Crippen molar-refractivity contribution in [2.75, 3.05) is 25.6 Å². The van der Waals surface area contributed by atoms with Gasteiger partial charge in [0.2, 0.25) is 0 Å². The summed E-state index contributed by atoms with van der Waals surface area (Å²) in [6, 6.07) is 17.2. The average Bonchev–Trinajstić information content (AvgIpc) is 2.95. The van der Waals surface area contributed by atoms with Crippen LogP contribution in [0.1, 0.15) is 83.8 Å². The van der Waals surface area contributed by atoms with E-state index in [0.29, 0.717) is 40.7 Å². The van der Waals surface area contributed by atoms with E-state index in [1.165, 1.54) is 44.1 Å². The molecular weight excluding hydrogens is 557 g/mol. The quantitative estimate of drug-likeness (QED) is 0.0529. The van der Waals surface area contributed by atoms with Gasteiger partial charge in [-0.05, 0) is 48.9 Å². The zero-order valence-corrected chi connectivity index (χ0v) is 27.2. The Hall–Kier alpha value is -1.51. The normalized spacial score (nSPS) is 15.5. The summed E-state index contributed by atoms with van der Waals surface area (Å²) in [5.74, 6) is 0.752. The number of phosphoric acid groups is 1. The third-order valence-corrected chi connectivity index (χ3v) is 9.57. The number of aliphatic hydroxyl groups excluding tert-OH is 2. The molecule has 2 unspecified atom stereocenters. The van der Waals surface area contributed by atoms with Gasteiger partial charge in [0, 0.05) is 11.2 Å². The summed E-state index contributed by atoms with van der Waals surface area (Å²) in [7, 11) is -4.06. The molecular formula is C32H52NO6PS. The number of nitrogens with two attached hydrogens (primary N) is 1. The Bertz CT molecular complexity index is 1070. The molecule has 2 rings (SSSR count). The van der Waals surface area contributed by atoms with E-state index in [1.54, 1.807) is 24.3 Å². The van der Waals surface area contributed by atoms with Gasteiger partial charge in [-0.15, -0.1) is 0 Å². The first-order valence-electron chi connectivity index (χ1n) is 14.8. The third kappa shape index (κ3) is 14.5. The SMILES string of the molecule is CCCCCCCCc1ccc(CCC(N)(CO)COP(=O)(OCC[SH]=C(O)C(C)(C)C)Oc2ccccc2)cc1. The van der Waals surface area contributed by atoms with Crippen LogP contribution in [0.3, 0.4) is 0 Å². The number of thiol groups is 1. The van der Waals surface area contributed by atoms with E-state index < -0.39 is 13.4 Å². The molecule has 0 saturated heterocycles. The standard InChI is InChI=1S/C32H52NO6PS/c1-5-6-7-8-9-11-14-27-17-19-28(20-18-27)21-22-32(33,25-34)26-38-40(36,39-29-15-12-10-13-16-29)37-23-24-41-30(35)31(2,3)4/h10,12-13,15-20,34-35,41H,5-9,11,14,21-26,33H2,1-4H3. The summed E-state index contributed by atoms with van der Waals surface area (Å²) in [4.78, 5) is 0. The number of rotatable bonds is 20. The van der Waals surface area contributed by atoms with Gasteiger partial charge in [0.05, 0.1) is 30.4 Å². The zero-order chi connectivity index (χ0) is 30.2. The number of para-hydroxylation sites is 1. The van der Waals surface area contributed by atoms with Crippen LogP contribution in [0.5, 0.6) is 5.75 Å². The van der Waals surface area contributed by atoms with Gasteiger partial charge in [0.1, 0.15) is 5.75 Å². The highest BCUT2D eigenvalue weighted by Gasteiger charge is 2.34. The first kappa shape index (κ1) is 35.7. The Balaban J connectivity index is 1.94. The van der Waals surface area contributed by atoms with Crippen LogP contribution in [0.25, 0.3) is 0 Å². The van der Waals surface area contributed by atoms with Crippen molar-refractivity contribution in [1.29, 1.82) is 0 Å². The van der Waals surface area contributed by atoms with Gasteiger partial charge in [-0.3, -0.25) is 9.05 Å². The van der Waals surface area contributed by atoms with E-state index in [0.717, 1.165) is 12.0 Å². The fourth-order valence-corrected chi connectivity index (χ4v) is 6.32. The number of hydrogen-bond acceptors (Lipinski definition) is 6. The minimum atomic E-state index is -4.06. The van der Waals surface area contributed by atoms with E-state index in [-0.39, 0.29) is 25.2 Å². The van der Waals surface area contributed by atoms with Gasteiger partial charge >= 0.3 is 7.82 Å². The first-order chi connectivity index (χ1) is 19.5. The van der Waals surface area contributed by atoms with Crippen molar-refractivity contribution in [2.24, 2.45) is 11.1 Å². The fraction of sp³-hybridized carbons (Fsp3) is 0.594. The third-order valence-electron chi connectivity index (χ3n) is 6.81. The van der Waals surface area contributed by atoms with Crippen LogP contribution in [0.4, 0.5) is 0 Å². The van der Waals surface area contributed by atoms with E-state index in [2.05, 4.69) is 31.2 Å². The molecule has 0 bridgehead atoms. The number of benzene rings is 2. The Morgan fingerprint density at radius 3 is 2.12 bits per heavy atom. The zero-order valence-electron chi connectivity index (χ0n) is 25.4. The Labute approximate surface area is 251 Å². The van der Waals surface area contributed by atoms with Crippen LogP contribution in [0.15, 0.2) is 54.6 Å². The van der Waals surface area contributed by atoms with Gasteiger partial charge in [-0.1, -0.05) is 102 Å². The minimum Gasteiger partial charge on any atom is -0.404 e. The lowest BCUT2D eigenvalue weighted by molar-refractivity contribution is 0.0925. The summed E-state index contributed by atoms with van der Waals surface area (Å²) < 4.78 is 30.6. The summed E-state index contributed by atoms with van der Waals surface area (Å²) in [6.07, 6.45) is 9.86. The minimum absolute atomic E-state index is 0.0492. The molecule has 4 N–H and O–H groups in total. The van der Waals surface area contributed by atoms with Gasteiger partial charge < -0.3 is 20.5 Å². The Morgan fingerprint density at radius 2 is 1.51 bits per heavy atom. The van der Waals surface area contributed by atoms with E-state index in [9.17, 15) is 14.8 Å². The van der Waals surface area contributed by atoms with Crippen molar-refractivity contribution in [3.63, 3.8) is 0 Å². The second-order valence-electron chi connectivity index (χ2n) is 11.8. The highest BCUT2D eigenvalue weighted by atomic mass is 32.1. The van der Waals surface area contributed by atoms with Crippen molar-refractivity contribution < 1.29 is 28.3 Å². The Kier molecular flexibility index (Phi) is 15.9. The maximum absolute atomic E-state index is 13.6. The summed E-state index contributed by atoms with van der Waals surface area (Å²) in [5.41, 5.74) is 7.46. The molecule has 0 heterocycles. The summed E-state index contributed by atoms with van der Waals surface area (Å²) in [6.45, 7) is 7.49. The molecule has 0 aliphatic heterocycles. The largest absolute Gasteiger partial charge is 0.530 e. The summed E-state index contributed by atoms with van der Waals surface area (Å²) >= 11 is 0.679. The van der Waals surface area contributed by atoms with Crippen LogP contribution < -0.4 is 10.3 Å². The fourth-order valence-electron chi connectivity index (χ4n) is 4.02. The molecule has 2 aromatic rings. The van der Waals surface area contributed by atoms with Crippen molar-refractivity contribution in [3.8, 4) is 5.75 Å². The van der Waals surface area contributed by atoms with E-state index in [1.807, 2.05) is 26.8 Å². The number of phosphoric ester groups is 1. The van der Waals surface area contributed by atoms with Crippen molar-refractivity contribution in [3.05, 3.63) is 65.7 Å². The van der Waals surface area contributed by atoms with Crippen molar-refractivity contribution >= 4 is 24.2 Å². The van der Waals surface area contributed by atoms with Crippen LogP contribution >= 0.6 is 19.2 Å². The molecule has 9 heteroatoms. The predicted octanol–water partition coefficient (Wildman–Crippen LogP) is 7.63. The predicted molar refractivity (Wildman–Crippen MR) is 173 cm³/mol. The van der Waals surface area contributed by atoms with Crippen LogP contribution in [0, 0.1) is 5.41 Å². The summed E-state index contributed by atoms with van der Waals surface area (Å²) in [5, 5.41) is 20.6. The lowest BCUT2D eigenvalue weighted by atomic mass is 9.93. The molecule has 0 saturated carbocycles. The topological polar surface area (TPSA) is 111 Å². The van der Waals surface area contributed by atoms with Gasteiger partial charge in [-0.2, -0.15) is 11.4 Å². The molecule has 0 spiro atoms. The average molecular weight is 610 g/mol. The van der Waals surface area contributed by atoms with Crippen molar-refractivity contribution in [1.82, 2.24) is 0 Å². The number of aliphatic hydroxyl groups is 2. The van der Waals surface area contributed by atoms with Crippen LogP contribution in [-0.2, 0) is 26.5 Å². The molecule has 0 fully saturated rings. The van der Waals surface area contributed by atoms with E-state index >= 15 is 0 Å². The molecule has 0 radical (unpaired) electrons. The lowest BCUT2D eigenvalue weighted by Gasteiger charge is -2.29. The van der Waals surface area contributed by atoms with Gasteiger partial charge in [0.25, 0.3) is 0 Å². The van der Waals surface area contributed by atoms with Gasteiger partial charge in [0.15, 0.2) is 0 Å². The van der Waals surface area contributed by atoms with Crippen LogP contribution in [0.2, 0.25) is 0 Å². The highest BCUT2D eigenvalue weighted by Crippen LogP contribution is 2.50. The highest BCUT2D eigenvalue weighted by molar-refractivity contribution is 7.98. The molecule has 0 aromatic heterocycles. The molecule has 2 atom stereocenters. The number of unbranched alkanes of at least 4 members (excludes halogenated alkanes) is 5.